The van der Waals surface area contributed by atoms with Gasteiger partial charge < -0.3 is 10.1 Å². The summed E-state index contributed by atoms with van der Waals surface area (Å²) in [6.45, 7) is 0. The Balaban J connectivity index is 2.27. The molecule has 0 heterocycles. The van der Waals surface area contributed by atoms with Gasteiger partial charge in [-0.1, -0.05) is 30.3 Å². The van der Waals surface area contributed by atoms with Crippen molar-refractivity contribution in [2.75, 3.05) is 7.05 Å². The van der Waals surface area contributed by atoms with E-state index in [0.29, 0.717) is 5.75 Å². The lowest BCUT2D eigenvalue weighted by Gasteiger charge is -2.34. The molecule has 1 atom stereocenters. The van der Waals surface area contributed by atoms with Crippen LogP contribution in [0.1, 0.15) is 11.6 Å². The van der Waals surface area contributed by atoms with Crippen molar-refractivity contribution in [1.29, 1.82) is 0 Å². The van der Waals surface area contributed by atoms with Gasteiger partial charge >= 0.3 is 18.0 Å². The lowest BCUT2D eigenvalue weighted by atomic mass is 9.95. The Labute approximate surface area is 144 Å². The molecular weight excluding hydrogens is 367 g/mol. The molecule has 0 spiro atoms. The van der Waals surface area contributed by atoms with Crippen LogP contribution in [0.25, 0.3) is 0 Å². The molecule has 0 amide bonds. The van der Waals surface area contributed by atoms with Gasteiger partial charge in [-0.3, -0.25) is 0 Å². The predicted molar refractivity (Wildman–Crippen MR) is 80.7 cm³/mol. The molecule has 0 saturated carbocycles. The average Bonchev–Trinajstić information content (AvgIpc) is 2.56. The quantitative estimate of drug-likeness (QED) is 0.661. The van der Waals surface area contributed by atoms with Crippen LogP contribution in [0.4, 0.5) is 30.7 Å². The third-order valence-corrected chi connectivity index (χ3v) is 3.62. The number of halogens is 7. The third-order valence-electron chi connectivity index (χ3n) is 3.62. The molecule has 2 aromatic carbocycles. The Hall–Kier alpha value is -2.29. The van der Waals surface area contributed by atoms with Crippen molar-refractivity contribution in [3.8, 4) is 11.5 Å². The van der Waals surface area contributed by atoms with Gasteiger partial charge in [0, 0.05) is 0 Å². The van der Waals surface area contributed by atoms with E-state index in [4.69, 9.17) is 4.74 Å². The topological polar surface area (TPSA) is 21.3 Å². The Morgan fingerprint density at radius 1 is 0.769 bits per heavy atom. The summed E-state index contributed by atoms with van der Waals surface area (Å²) >= 11 is 0. The summed E-state index contributed by atoms with van der Waals surface area (Å²) in [5.74, 6) is -10.9. The monoisotopic (exact) mass is 381 g/mol. The number of alkyl halides is 7. The van der Waals surface area contributed by atoms with Crippen LogP contribution >= 0.6 is 0 Å². The zero-order valence-corrected chi connectivity index (χ0v) is 13.3. The minimum absolute atomic E-state index is 0.209. The molecule has 0 bridgehead atoms. The molecule has 26 heavy (non-hydrogen) atoms. The second-order valence-electron chi connectivity index (χ2n) is 5.40. The number of ether oxygens (including phenoxy) is 1. The Kier molecular flexibility index (Phi) is 5.50. The summed E-state index contributed by atoms with van der Waals surface area (Å²) in [7, 11) is 0.874. The van der Waals surface area contributed by atoms with E-state index in [1.54, 1.807) is 30.3 Å². The average molecular weight is 381 g/mol. The van der Waals surface area contributed by atoms with Crippen LogP contribution in [0.15, 0.2) is 54.6 Å². The van der Waals surface area contributed by atoms with Crippen molar-refractivity contribution in [3.05, 3.63) is 60.2 Å². The smallest absolute Gasteiger partial charge is 0.457 e. The summed E-state index contributed by atoms with van der Waals surface area (Å²) in [5.41, 5.74) is -0.443. The van der Waals surface area contributed by atoms with Crippen LogP contribution < -0.4 is 10.1 Å². The highest BCUT2D eigenvalue weighted by Gasteiger charge is 2.75. The molecule has 0 aliphatic rings. The van der Waals surface area contributed by atoms with Crippen LogP contribution in [0.2, 0.25) is 0 Å². The molecule has 142 valence electrons. The van der Waals surface area contributed by atoms with E-state index in [9.17, 15) is 30.7 Å². The van der Waals surface area contributed by atoms with Crippen LogP contribution in [-0.2, 0) is 0 Å². The van der Waals surface area contributed by atoms with Gasteiger partial charge in [0.15, 0.2) is 0 Å². The summed E-state index contributed by atoms with van der Waals surface area (Å²) in [6.07, 6.45) is -6.39. The molecular formula is C17H14F7NO. The van der Waals surface area contributed by atoms with E-state index in [1.165, 1.54) is 12.1 Å². The molecule has 2 nitrogen and oxygen atoms in total. The SMILES string of the molecule is CNC(c1ccc(Oc2ccccc2)cc1)C(F)(F)C(F)(F)C(F)(F)F. The fourth-order valence-corrected chi connectivity index (χ4v) is 2.28. The van der Waals surface area contributed by atoms with Gasteiger partial charge in [0.1, 0.15) is 17.5 Å². The first-order chi connectivity index (χ1) is 12.0. The Bertz CT molecular complexity index is 714. The Morgan fingerprint density at radius 2 is 1.27 bits per heavy atom. The molecule has 0 radical (unpaired) electrons. The summed E-state index contributed by atoms with van der Waals surface area (Å²) in [4.78, 5) is 0. The van der Waals surface area contributed by atoms with Gasteiger partial charge in [-0.15, -0.1) is 0 Å². The minimum atomic E-state index is -6.39. The van der Waals surface area contributed by atoms with Gasteiger partial charge in [0.25, 0.3) is 0 Å². The van der Waals surface area contributed by atoms with Crippen molar-refractivity contribution >= 4 is 0 Å². The molecule has 2 aromatic rings. The first-order valence-electron chi connectivity index (χ1n) is 7.33. The number of nitrogens with one attached hydrogen (secondary N) is 1. The van der Waals surface area contributed by atoms with E-state index in [2.05, 4.69) is 0 Å². The number of benzene rings is 2. The van der Waals surface area contributed by atoms with Crippen LogP contribution in [0.3, 0.4) is 0 Å². The highest BCUT2D eigenvalue weighted by molar-refractivity contribution is 5.35. The second-order valence-corrected chi connectivity index (χ2v) is 5.40. The number of hydrogen-bond acceptors (Lipinski definition) is 2. The van der Waals surface area contributed by atoms with Crippen LogP contribution in [0, 0.1) is 0 Å². The van der Waals surface area contributed by atoms with E-state index in [0.717, 1.165) is 19.2 Å². The first-order valence-corrected chi connectivity index (χ1v) is 7.33. The highest BCUT2D eigenvalue weighted by Crippen LogP contribution is 2.51. The largest absolute Gasteiger partial charge is 0.459 e. The minimum Gasteiger partial charge on any atom is -0.457 e. The molecule has 2 rings (SSSR count). The lowest BCUT2D eigenvalue weighted by molar-refractivity contribution is -0.360. The number of hydrogen-bond donors (Lipinski definition) is 1. The number of para-hydroxylation sites is 1. The zero-order chi connectivity index (χ0) is 19.6. The Morgan fingerprint density at radius 3 is 1.73 bits per heavy atom. The molecule has 0 aliphatic carbocycles. The van der Waals surface area contributed by atoms with E-state index < -0.39 is 29.6 Å². The van der Waals surface area contributed by atoms with E-state index in [1.807, 2.05) is 5.32 Å². The molecule has 1 unspecified atom stereocenters. The van der Waals surface area contributed by atoms with E-state index in [-0.39, 0.29) is 5.75 Å². The van der Waals surface area contributed by atoms with Crippen molar-refractivity contribution in [3.63, 3.8) is 0 Å². The molecule has 0 aliphatic heterocycles. The molecule has 1 N–H and O–H groups in total. The van der Waals surface area contributed by atoms with Crippen molar-refractivity contribution in [2.24, 2.45) is 0 Å². The van der Waals surface area contributed by atoms with Crippen LogP contribution in [-0.4, -0.2) is 25.1 Å². The summed E-state index contributed by atoms with van der Waals surface area (Å²) in [6, 6.07) is 10.2. The maximum absolute atomic E-state index is 13.9. The fourth-order valence-electron chi connectivity index (χ4n) is 2.28. The third kappa shape index (κ3) is 3.77. The standard InChI is InChI=1S/C17H14F7NO/c1-25-14(15(18,19)16(20,21)17(22,23)24)11-7-9-13(10-8-11)26-12-5-3-2-4-6-12/h2-10,14,25H,1H3. The molecule has 9 heteroatoms. The van der Waals surface area contributed by atoms with E-state index >= 15 is 0 Å². The first kappa shape index (κ1) is 20.0. The molecule has 0 fully saturated rings. The fraction of sp³-hybridized carbons (Fsp3) is 0.294. The predicted octanol–water partition coefficient (Wildman–Crippen LogP) is 5.57. The maximum Gasteiger partial charge on any atom is 0.459 e. The van der Waals surface area contributed by atoms with Crippen molar-refractivity contribution in [2.45, 2.75) is 24.1 Å². The lowest BCUT2D eigenvalue weighted by Crippen LogP contribution is -2.57. The van der Waals surface area contributed by atoms with Gasteiger partial charge in [-0.25, -0.2) is 0 Å². The molecule has 0 aromatic heterocycles. The van der Waals surface area contributed by atoms with Crippen LogP contribution in [0.5, 0.6) is 11.5 Å². The summed E-state index contributed by atoms with van der Waals surface area (Å²) in [5, 5.41) is 1.84. The van der Waals surface area contributed by atoms with Crippen molar-refractivity contribution in [1.82, 2.24) is 5.32 Å². The van der Waals surface area contributed by atoms with Gasteiger partial charge in [-0.05, 0) is 36.9 Å². The summed E-state index contributed by atoms with van der Waals surface area (Å²) < 4.78 is 96.9. The zero-order valence-electron chi connectivity index (χ0n) is 13.3. The van der Waals surface area contributed by atoms with Gasteiger partial charge in [0.05, 0.1) is 0 Å². The maximum atomic E-state index is 13.9. The van der Waals surface area contributed by atoms with Gasteiger partial charge in [-0.2, -0.15) is 30.7 Å². The normalized spacial score (nSPS) is 14.2. The highest BCUT2D eigenvalue weighted by atomic mass is 19.4. The van der Waals surface area contributed by atoms with Gasteiger partial charge in [0.2, 0.25) is 0 Å². The number of rotatable bonds is 6. The van der Waals surface area contributed by atoms with Crippen molar-refractivity contribution < 1.29 is 35.5 Å². The second kappa shape index (κ2) is 7.14. The molecule has 0 saturated heterocycles.